The highest BCUT2D eigenvalue weighted by Crippen LogP contribution is 2.38. The van der Waals surface area contributed by atoms with Gasteiger partial charge in [0.15, 0.2) is 11.5 Å². The lowest BCUT2D eigenvalue weighted by Crippen LogP contribution is -2.28. The molecule has 2 heterocycles. The minimum absolute atomic E-state index is 0.110. The maximum Gasteiger partial charge on any atom is 0.229 e. The quantitative estimate of drug-likeness (QED) is 0.842. The maximum atomic E-state index is 12.7. The first-order valence-corrected chi connectivity index (χ1v) is 9.23. The van der Waals surface area contributed by atoms with Gasteiger partial charge in [-0.15, -0.1) is 0 Å². The molecule has 0 bridgehead atoms. The van der Waals surface area contributed by atoms with E-state index < -0.39 is 5.92 Å². The van der Waals surface area contributed by atoms with Gasteiger partial charge >= 0.3 is 0 Å². The normalized spacial score (nSPS) is 18.5. The summed E-state index contributed by atoms with van der Waals surface area (Å²) in [5.41, 5.74) is 1.03. The number of fused-ring (bicyclic) bond motifs is 1. The number of hydrogen-bond donors (Lipinski definition) is 1. The van der Waals surface area contributed by atoms with Crippen molar-refractivity contribution in [3.05, 3.63) is 46.4 Å². The first-order valence-electron chi connectivity index (χ1n) is 8.48. The van der Waals surface area contributed by atoms with Gasteiger partial charge in [-0.05, 0) is 12.1 Å². The van der Waals surface area contributed by atoms with Crippen molar-refractivity contribution in [1.82, 2.24) is 0 Å². The molecule has 0 aliphatic carbocycles. The third kappa shape index (κ3) is 3.55. The molecule has 2 aromatic rings. The Kier molecular flexibility index (Phi) is 4.85. The molecule has 2 aromatic carbocycles. The van der Waals surface area contributed by atoms with Crippen LogP contribution in [-0.4, -0.2) is 31.6 Å². The molecule has 8 heteroatoms. The zero-order valence-corrected chi connectivity index (χ0v) is 15.7. The average molecular weight is 407 g/mol. The molecule has 0 aromatic heterocycles. The molecule has 1 N–H and O–H groups in total. The number of rotatable bonds is 3. The van der Waals surface area contributed by atoms with E-state index in [-0.39, 0.29) is 24.8 Å². The number of nitrogens with one attached hydrogen (secondary N) is 1. The number of amides is 2. The van der Waals surface area contributed by atoms with Crippen LogP contribution in [-0.2, 0) is 9.59 Å². The van der Waals surface area contributed by atoms with Gasteiger partial charge in [0.2, 0.25) is 11.8 Å². The average Bonchev–Trinajstić information content (AvgIpc) is 3.04. The van der Waals surface area contributed by atoms with Crippen molar-refractivity contribution in [1.29, 1.82) is 0 Å². The van der Waals surface area contributed by atoms with Crippen LogP contribution in [0.15, 0.2) is 36.4 Å². The van der Waals surface area contributed by atoms with Crippen LogP contribution in [0.4, 0.5) is 11.4 Å². The van der Waals surface area contributed by atoms with Crippen molar-refractivity contribution < 1.29 is 19.1 Å². The second kappa shape index (κ2) is 7.29. The van der Waals surface area contributed by atoms with Gasteiger partial charge in [-0.3, -0.25) is 9.59 Å². The van der Waals surface area contributed by atoms with E-state index in [9.17, 15) is 9.59 Å². The summed E-state index contributed by atoms with van der Waals surface area (Å²) < 4.78 is 11.0. The predicted octanol–water partition coefficient (Wildman–Crippen LogP) is 3.76. The Labute approximate surface area is 165 Å². The Hall–Kier alpha value is -2.44. The molecule has 0 radical (unpaired) electrons. The molecule has 1 fully saturated rings. The smallest absolute Gasteiger partial charge is 0.229 e. The van der Waals surface area contributed by atoms with E-state index in [1.54, 1.807) is 36.4 Å². The van der Waals surface area contributed by atoms with Gasteiger partial charge in [-0.2, -0.15) is 0 Å². The number of benzene rings is 2. The lowest BCUT2D eigenvalue weighted by atomic mass is 10.1. The van der Waals surface area contributed by atoms with Gasteiger partial charge in [-0.1, -0.05) is 35.3 Å². The van der Waals surface area contributed by atoms with E-state index in [4.69, 9.17) is 32.7 Å². The summed E-state index contributed by atoms with van der Waals surface area (Å²) in [5, 5.41) is 3.61. The zero-order chi connectivity index (χ0) is 19.0. The van der Waals surface area contributed by atoms with Crippen LogP contribution >= 0.6 is 23.2 Å². The number of nitrogens with zero attached hydrogens (tertiary/aromatic N) is 1. The largest absolute Gasteiger partial charge is 0.486 e. The first-order chi connectivity index (χ1) is 13.0. The third-order valence-corrected chi connectivity index (χ3v) is 5.16. The molecule has 6 nitrogen and oxygen atoms in total. The van der Waals surface area contributed by atoms with Gasteiger partial charge in [0.25, 0.3) is 0 Å². The van der Waals surface area contributed by atoms with E-state index >= 15 is 0 Å². The van der Waals surface area contributed by atoms with Crippen molar-refractivity contribution in [2.45, 2.75) is 6.42 Å². The molecule has 4 rings (SSSR count). The highest BCUT2D eigenvalue weighted by Gasteiger charge is 2.36. The fourth-order valence-corrected chi connectivity index (χ4v) is 3.62. The molecule has 2 amide bonds. The van der Waals surface area contributed by atoms with Crippen LogP contribution in [0, 0.1) is 5.92 Å². The van der Waals surface area contributed by atoms with Crippen molar-refractivity contribution in [3.63, 3.8) is 0 Å². The molecule has 2 aliphatic rings. The molecule has 27 heavy (non-hydrogen) atoms. The molecule has 140 valence electrons. The molecule has 1 unspecified atom stereocenters. The fourth-order valence-electron chi connectivity index (χ4n) is 3.18. The molecule has 1 saturated heterocycles. The highest BCUT2D eigenvalue weighted by atomic mass is 35.5. The van der Waals surface area contributed by atoms with Gasteiger partial charge in [0.1, 0.15) is 13.2 Å². The Balaban J connectivity index is 1.50. The second-order valence-corrected chi connectivity index (χ2v) is 7.14. The lowest BCUT2D eigenvalue weighted by Gasteiger charge is -2.20. The standard InChI is InChI=1S/C19H16Cl2N2O4/c20-12-3-1-2-4-15(12)23-10-11(7-18(23)24)19(25)22-14-9-17-16(8-13(14)21)26-5-6-27-17/h1-4,8-9,11H,5-7,10H2,(H,22,25). The number of para-hydroxylation sites is 1. The predicted molar refractivity (Wildman–Crippen MR) is 103 cm³/mol. The van der Waals surface area contributed by atoms with Gasteiger partial charge in [-0.25, -0.2) is 0 Å². The molecule has 0 saturated carbocycles. The van der Waals surface area contributed by atoms with Crippen LogP contribution in [0.5, 0.6) is 11.5 Å². The van der Waals surface area contributed by atoms with E-state index in [1.165, 1.54) is 4.90 Å². The number of carbonyl (C=O) groups is 2. The van der Waals surface area contributed by atoms with Crippen molar-refractivity contribution in [3.8, 4) is 11.5 Å². The SMILES string of the molecule is O=C(Nc1cc2c(cc1Cl)OCCO2)C1CC(=O)N(c2ccccc2Cl)C1. The maximum absolute atomic E-state index is 12.7. The number of halogens is 2. The Bertz CT molecular complexity index is 919. The topological polar surface area (TPSA) is 67.9 Å². The van der Waals surface area contributed by atoms with E-state index in [0.29, 0.717) is 46.1 Å². The van der Waals surface area contributed by atoms with Crippen LogP contribution in [0.3, 0.4) is 0 Å². The van der Waals surface area contributed by atoms with Crippen LogP contribution in [0.25, 0.3) is 0 Å². The fraction of sp³-hybridized carbons (Fsp3) is 0.263. The Morgan fingerprint density at radius 3 is 2.52 bits per heavy atom. The van der Waals surface area contributed by atoms with Crippen molar-refractivity contribution in [2.24, 2.45) is 5.92 Å². The summed E-state index contributed by atoms with van der Waals surface area (Å²) in [6.45, 7) is 1.15. The molecule has 1 atom stereocenters. The van der Waals surface area contributed by atoms with Crippen molar-refractivity contribution in [2.75, 3.05) is 30.0 Å². The lowest BCUT2D eigenvalue weighted by molar-refractivity contribution is -0.122. The van der Waals surface area contributed by atoms with Crippen LogP contribution in [0.2, 0.25) is 10.0 Å². The third-order valence-electron chi connectivity index (χ3n) is 4.53. The molecule has 0 spiro atoms. The number of carbonyl (C=O) groups excluding carboxylic acids is 2. The van der Waals surface area contributed by atoms with E-state index in [1.807, 2.05) is 0 Å². The molecular formula is C19H16Cl2N2O4. The number of hydrogen-bond acceptors (Lipinski definition) is 4. The number of anilines is 2. The summed E-state index contributed by atoms with van der Waals surface area (Å²) in [6.07, 6.45) is 0.110. The summed E-state index contributed by atoms with van der Waals surface area (Å²) in [7, 11) is 0. The van der Waals surface area contributed by atoms with Gasteiger partial charge in [0, 0.05) is 25.1 Å². The molecule has 2 aliphatic heterocycles. The number of ether oxygens (including phenoxy) is 2. The highest BCUT2D eigenvalue weighted by molar-refractivity contribution is 6.34. The van der Waals surface area contributed by atoms with Crippen LogP contribution < -0.4 is 19.7 Å². The summed E-state index contributed by atoms with van der Waals surface area (Å²) in [6, 6.07) is 10.3. The Morgan fingerprint density at radius 1 is 1.07 bits per heavy atom. The summed E-state index contributed by atoms with van der Waals surface area (Å²) >= 11 is 12.4. The van der Waals surface area contributed by atoms with E-state index in [0.717, 1.165) is 0 Å². The summed E-state index contributed by atoms with van der Waals surface area (Å²) in [4.78, 5) is 26.6. The monoisotopic (exact) mass is 406 g/mol. The summed E-state index contributed by atoms with van der Waals surface area (Å²) in [5.74, 6) is 0.150. The van der Waals surface area contributed by atoms with E-state index in [2.05, 4.69) is 5.32 Å². The first kappa shape index (κ1) is 17.9. The van der Waals surface area contributed by atoms with Gasteiger partial charge in [0.05, 0.1) is 27.3 Å². The Morgan fingerprint density at radius 2 is 1.78 bits per heavy atom. The second-order valence-electron chi connectivity index (χ2n) is 6.32. The minimum atomic E-state index is -0.502. The van der Waals surface area contributed by atoms with Crippen molar-refractivity contribution >= 4 is 46.4 Å². The zero-order valence-electron chi connectivity index (χ0n) is 14.2. The minimum Gasteiger partial charge on any atom is -0.486 e. The molecular weight excluding hydrogens is 391 g/mol. The van der Waals surface area contributed by atoms with Gasteiger partial charge < -0.3 is 19.7 Å². The van der Waals surface area contributed by atoms with Crippen LogP contribution in [0.1, 0.15) is 6.42 Å².